The number of ketones is 2. The summed E-state index contributed by atoms with van der Waals surface area (Å²) in [7, 11) is 0. The summed E-state index contributed by atoms with van der Waals surface area (Å²) in [4.78, 5) is 44.1. The molecule has 0 fully saturated rings. The molecule has 0 bridgehead atoms. The van der Waals surface area contributed by atoms with Crippen molar-refractivity contribution in [3.63, 3.8) is 0 Å². The van der Waals surface area contributed by atoms with Crippen LogP contribution < -0.4 is 0 Å². The van der Waals surface area contributed by atoms with Crippen molar-refractivity contribution in [2.75, 3.05) is 0 Å². The van der Waals surface area contributed by atoms with E-state index in [2.05, 4.69) is 5.16 Å². The molecule has 0 saturated heterocycles. The van der Waals surface area contributed by atoms with E-state index in [1.165, 1.54) is 18.7 Å². The third kappa shape index (κ3) is 6.48. The number of rotatable bonds is 8. The van der Waals surface area contributed by atoms with Crippen LogP contribution in [0.15, 0.2) is 112 Å². The monoisotopic (exact) mass is 507 g/mol. The van der Waals surface area contributed by atoms with Crippen LogP contribution in [-0.2, 0) is 9.63 Å². The summed E-state index contributed by atoms with van der Waals surface area (Å²) >= 11 is 1.53. The highest BCUT2D eigenvalue weighted by molar-refractivity contribution is 7.99. The van der Waals surface area contributed by atoms with Gasteiger partial charge in [-0.05, 0) is 74.0 Å². The van der Waals surface area contributed by atoms with Crippen molar-refractivity contribution < 1.29 is 19.2 Å². The van der Waals surface area contributed by atoms with Crippen molar-refractivity contribution in [2.24, 2.45) is 5.16 Å². The molecule has 0 saturated carbocycles. The van der Waals surface area contributed by atoms with Crippen LogP contribution in [0.25, 0.3) is 0 Å². The fourth-order valence-electron chi connectivity index (χ4n) is 3.69. The topological polar surface area (TPSA) is 72.8 Å². The van der Waals surface area contributed by atoms with Gasteiger partial charge in [-0.15, -0.1) is 0 Å². The summed E-state index contributed by atoms with van der Waals surface area (Å²) in [5.41, 5.74) is 4.23. The number of Topliss-reactive ketones (excluding diaryl/α,β-unsaturated/α-hetero) is 1. The number of nitrogens with zero attached hydrogens (tertiary/aromatic N) is 1. The predicted octanol–water partition coefficient (Wildman–Crippen LogP) is 6.84. The van der Waals surface area contributed by atoms with Crippen molar-refractivity contribution in [3.8, 4) is 0 Å². The van der Waals surface area contributed by atoms with E-state index in [0.717, 1.165) is 20.9 Å². The van der Waals surface area contributed by atoms with E-state index in [-0.39, 0.29) is 17.3 Å². The number of aryl methyl sites for hydroxylation is 2. The molecule has 184 valence electrons. The molecule has 5 nitrogen and oxygen atoms in total. The lowest BCUT2D eigenvalue weighted by Gasteiger charge is -2.10. The van der Waals surface area contributed by atoms with Gasteiger partial charge in [-0.3, -0.25) is 9.59 Å². The van der Waals surface area contributed by atoms with Gasteiger partial charge in [0.05, 0.1) is 0 Å². The Morgan fingerprint density at radius 3 is 1.86 bits per heavy atom. The molecule has 0 atom stereocenters. The minimum absolute atomic E-state index is 0.0184. The van der Waals surface area contributed by atoms with E-state index in [9.17, 15) is 14.4 Å². The lowest BCUT2D eigenvalue weighted by Crippen LogP contribution is -2.18. The van der Waals surface area contributed by atoms with Gasteiger partial charge in [-0.25, -0.2) is 4.79 Å². The number of carbonyl (C=O) groups is 3. The summed E-state index contributed by atoms with van der Waals surface area (Å²) in [6.45, 7) is 5.04. The maximum atomic E-state index is 13.3. The molecule has 37 heavy (non-hydrogen) atoms. The Kier molecular flexibility index (Phi) is 8.11. The van der Waals surface area contributed by atoms with Crippen LogP contribution >= 0.6 is 11.8 Å². The summed E-state index contributed by atoms with van der Waals surface area (Å²) in [6.07, 6.45) is 0. The Morgan fingerprint density at radius 2 is 1.27 bits per heavy atom. The standard InChI is InChI=1S/C31H25NO4S/c1-20-9-10-21(2)28(19-20)29(32-36-22(3)33)31(35)25-13-17-27(18-14-25)37-26-15-11-24(12-16-26)30(34)23-7-5-4-6-8-23/h4-19H,1-3H3/b32-29-. The molecule has 6 heteroatoms. The van der Waals surface area contributed by atoms with Crippen LogP contribution in [0, 0.1) is 13.8 Å². The second-order valence-corrected chi connectivity index (χ2v) is 9.66. The number of oxime groups is 1. The summed E-state index contributed by atoms with van der Waals surface area (Å²) in [5.74, 6) is -0.954. The average molecular weight is 508 g/mol. The molecule has 4 aromatic carbocycles. The van der Waals surface area contributed by atoms with Crippen molar-refractivity contribution in [1.82, 2.24) is 0 Å². The minimum atomic E-state index is -0.598. The average Bonchev–Trinajstić information content (AvgIpc) is 2.91. The molecule has 0 aliphatic heterocycles. The van der Waals surface area contributed by atoms with Gasteiger partial charge in [-0.2, -0.15) is 0 Å². The number of hydrogen-bond donors (Lipinski definition) is 0. The quantitative estimate of drug-likeness (QED) is 0.113. The normalized spacial score (nSPS) is 11.2. The maximum absolute atomic E-state index is 13.3. The van der Waals surface area contributed by atoms with Gasteiger partial charge in [-0.1, -0.05) is 64.9 Å². The third-order valence-corrected chi connectivity index (χ3v) is 6.65. The van der Waals surface area contributed by atoms with E-state index in [1.54, 1.807) is 24.3 Å². The smallest absolute Gasteiger partial charge is 0.318 e. The molecular weight excluding hydrogens is 482 g/mol. The van der Waals surface area contributed by atoms with Crippen LogP contribution in [-0.4, -0.2) is 23.2 Å². The highest BCUT2D eigenvalue weighted by atomic mass is 32.2. The Labute approximate surface area is 220 Å². The molecule has 0 heterocycles. The zero-order chi connectivity index (χ0) is 26.4. The highest BCUT2D eigenvalue weighted by Gasteiger charge is 2.20. The summed E-state index contributed by atoms with van der Waals surface area (Å²) in [6, 6.07) is 29.5. The van der Waals surface area contributed by atoms with Crippen LogP contribution in [0.1, 0.15) is 49.9 Å². The van der Waals surface area contributed by atoms with Crippen molar-refractivity contribution in [1.29, 1.82) is 0 Å². The Bertz CT molecular complexity index is 1470. The van der Waals surface area contributed by atoms with Crippen molar-refractivity contribution in [2.45, 2.75) is 30.6 Å². The fraction of sp³-hybridized carbons (Fsp3) is 0.0968. The lowest BCUT2D eigenvalue weighted by molar-refractivity contribution is -0.140. The van der Waals surface area contributed by atoms with Crippen LogP contribution in [0.3, 0.4) is 0 Å². The first-order chi connectivity index (χ1) is 17.8. The molecule has 0 aliphatic carbocycles. The molecule has 0 spiro atoms. The van der Waals surface area contributed by atoms with Gasteiger partial charge in [0.1, 0.15) is 0 Å². The first kappa shape index (κ1) is 25.8. The van der Waals surface area contributed by atoms with E-state index in [0.29, 0.717) is 22.3 Å². The van der Waals surface area contributed by atoms with E-state index in [4.69, 9.17) is 4.84 Å². The highest BCUT2D eigenvalue weighted by Crippen LogP contribution is 2.29. The second-order valence-electron chi connectivity index (χ2n) is 8.52. The van der Waals surface area contributed by atoms with E-state index < -0.39 is 5.97 Å². The number of benzene rings is 4. The summed E-state index contributed by atoms with van der Waals surface area (Å²) in [5, 5.41) is 3.89. The molecule has 0 unspecified atom stereocenters. The maximum Gasteiger partial charge on any atom is 0.332 e. The molecule has 0 amide bonds. The fourth-order valence-corrected chi connectivity index (χ4v) is 4.51. The molecule has 0 aliphatic rings. The Hall–Kier alpha value is -4.29. The first-order valence-corrected chi connectivity index (χ1v) is 12.5. The zero-order valence-corrected chi connectivity index (χ0v) is 21.5. The molecule has 0 radical (unpaired) electrons. The van der Waals surface area contributed by atoms with Crippen LogP contribution in [0.5, 0.6) is 0 Å². The van der Waals surface area contributed by atoms with Gasteiger partial charge >= 0.3 is 5.97 Å². The van der Waals surface area contributed by atoms with Crippen molar-refractivity contribution in [3.05, 3.63) is 130 Å². The third-order valence-electron chi connectivity index (χ3n) is 5.63. The molecular formula is C31H25NO4S. The van der Waals surface area contributed by atoms with Gasteiger partial charge in [0.25, 0.3) is 0 Å². The first-order valence-electron chi connectivity index (χ1n) is 11.7. The van der Waals surface area contributed by atoms with Gasteiger partial charge in [0, 0.05) is 39.0 Å². The molecule has 4 rings (SSSR count). The van der Waals surface area contributed by atoms with Gasteiger partial charge in [0.2, 0.25) is 5.78 Å². The molecule has 4 aromatic rings. The zero-order valence-electron chi connectivity index (χ0n) is 20.7. The lowest BCUT2D eigenvalue weighted by atomic mass is 9.96. The van der Waals surface area contributed by atoms with Crippen LogP contribution in [0.2, 0.25) is 0 Å². The largest absolute Gasteiger partial charge is 0.332 e. The number of carbonyl (C=O) groups excluding carboxylic acids is 3. The van der Waals surface area contributed by atoms with E-state index in [1.807, 2.05) is 86.6 Å². The predicted molar refractivity (Wildman–Crippen MR) is 145 cm³/mol. The molecule has 0 N–H and O–H groups in total. The Balaban J connectivity index is 1.51. The molecule has 0 aromatic heterocycles. The minimum Gasteiger partial charge on any atom is -0.318 e. The SMILES string of the molecule is CC(=O)O/N=C(\C(=O)c1ccc(Sc2ccc(C(=O)c3ccccc3)cc2)cc1)c1cc(C)ccc1C. The second kappa shape index (κ2) is 11.6. The van der Waals surface area contributed by atoms with Gasteiger partial charge < -0.3 is 4.84 Å². The van der Waals surface area contributed by atoms with Crippen LogP contribution in [0.4, 0.5) is 0 Å². The Morgan fingerprint density at radius 1 is 0.703 bits per heavy atom. The summed E-state index contributed by atoms with van der Waals surface area (Å²) < 4.78 is 0. The number of hydrogen-bond acceptors (Lipinski definition) is 6. The van der Waals surface area contributed by atoms with E-state index >= 15 is 0 Å². The van der Waals surface area contributed by atoms with Crippen molar-refractivity contribution >= 4 is 35.0 Å². The van der Waals surface area contributed by atoms with Gasteiger partial charge in [0.15, 0.2) is 11.5 Å².